The molecule has 0 saturated carbocycles. The minimum atomic E-state index is 0.474. The number of allylic oxidation sites excluding steroid dienone is 7. The second-order valence-corrected chi connectivity index (χ2v) is 8.52. The van der Waals surface area contributed by atoms with Crippen molar-refractivity contribution in [3.05, 3.63) is 76.4 Å². The molecule has 3 heteroatoms. The molecule has 0 saturated heterocycles. The summed E-state index contributed by atoms with van der Waals surface area (Å²) in [6, 6.07) is 5.68. The molecule has 0 bridgehead atoms. The van der Waals surface area contributed by atoms with Crippen molar-refractivity contribution in [1.29, 1.82) is 0 Å². The highest BCUT2D eigenvalue weighted by Gasteiger charge is 2.06. The third-order valence-corrected chi connectivity index (χ3v) is 4.84. The van der Waals surface area contributed by atoms with Crippen LogP contribution in [0.3, 0.4) is 0 Å². The first kappa shape index (κ1) is 27.2. The van der Waals surface area contributed by atoms with E-state index in [0.29, 0.717) is 24.7 Å². The van der Waals surface area contributed by atoms with Crippen molar-refractivity contribution in [2.45, 2.75) is 67.2 Å². The van der Waals surface area contributed by atoms with E-state index in [2.05, 4.69) is 65.8 Å². The van der Waals surface area contributed by atoms with Crippen LogP contribution < -0.4 is 9.47 Å². The first-order valence-corrected chi connectivity index (χ1v) is 11.3. The summed E-state index contributed by atoms with van der Waals surface area (Å²) < 4.78 is 12.0. The molecule has 0 fully saturated rings. The molecule has 0 N–H and O–H groups in total. The Kier molecular flexibility index (Phi) is 13.5. The molecule has 1 rings (SSSR count). The molecule has 32 heavy (non-hydrogen) atoms. The largest absolute Gasteiger partial charge is 0.486 e. The van der Waals surface area contributed by atoms with Gasteiger partial charge in [-0.15, -0.1) is 0 Å². The van der Waals surface area contributed by atoms with Gasteiger partial charge in [-0.1, -0.05) is 46.6 Å². The summed E-state index contributed by atoms with van der Waals surface area (Å²) in [7, 11) is 0. The van der Waals surface area contributed by atoms with Crippen molar-refractivity contribution in [1.82, 2.24) is 0 Å². The van der Waals surface area contributed by atoms with Crippen LogP contribution in [0.5, 0.6) is 11.5 Å². The van der Waals surface area contributed by atoms with Gasteiger partial charge in [0.15, 0.2) is 11.5 Å². The Labute approximate surface area is 195 Å². The molecule has 0 spiro atoms. The van der Waals surface area contributed by atoms with Crippen molar-refractivity contribution in [3.8, 4) is 11.5 Å². The maximum atomic E-state index is 10.5. The fourth-order valence-electron chi connectivity index (χ4n) is 2.92. The van der Waals surface area contributed by atoms with Crippen LogP contribution in [0, 0.1) is 0 Å². The van der Waals surface area contributed by atoms with Gasteiger partial charge < -0.3 is 9.47 Å². The van der Waals surface area contributed by atoms with Gasteiger partial charge in [0.05, 0.1) is 0 Å². The Bertz CT molecular complexity index is 858. The van der Waals surface area contributed by atoms with Gasteiger partial charge in [-0.2, -0.15) is 0 Å². The van der Waals surface area contributed by atoms with Gasteiger partial charge >= 0.3 is 0 Å². The number of rotatable bonds is 14. The van der Waals surface area contributed by atoms with E-state index in [1.54, 1.807) is 12.4 Å². The van der Waals surface area contributed by atoms with E-state index in [-0.39, 0.29) is 0 Å². The van der Waals surface area contributed by atoms with Gasteiger partial charge in [-0.25, -0.2) is 0 Å². The molecule has 0 atom stereocenters. The Hall–Kier alpha value is -2.81. The van der Waals surface area contributed by atoms with Gasteiger partial charge in [0.25, 0.3) is 0 Å². The SMILES string of the molecule is CC(C)=CCC/C(C)=C/COc1ccc(C=C[C]=O)cc1OC/C=C(\C)CCC=C(C)C. The second kappa shape index (κ2) is 15.9. The lowest BCUT2D eigenvalue weighted by Gasteiger charge is -2.12. The maximum absolute atomic E-state index is 10.5. The molecule has 0 aromatic heterocycles. The predicted molar refractivity (Wildman–Crippen MR) is 137 cm³/mol. The molecule has 1 aromatic rings. The van der Waals surface area contributed by atoms with Crippen LogP contribution in [0.2, 0.25) is 0 Å². The lowest BCUT2D eigenvalue weighted by atomic mass is 10.1. The molecule has 173 valence electrons. The Balaban J connectivity index is 2.79. The van der Waals surface area contributed by atoms with E-state index >= 15 is 0 Å². The molecular weight excluding hydrogens is 396 g/mol. The van der Waals surface area contributed by atoms with Gasteiger partial charge in [0.2, 0.25) is 6.29 Å². The first-order valence-electron chi connectivity index (χ1n) is 11.3. The Morgan fingerprint density at radius 1 is 0.781 bits per heavy atom. The second-order valence-electron chi connectivity index (χ2n) is 8.52. The van der Waals surface area contributed by atoms with Crippen LogP contribution >= 0.6 is 0 Å². The quantitative estimate of drug-likeness (QED) is 0.220. The van der Waals surface area contributed by atoms with E-state index in [1.165, 1.54) is 28.4 Å². The molecule has 0 unspecified atom stereocenters. The van der Waals surface area contributed by atoms with Gasteiger partial charge in [0.1, 0.15) is 13.2 Å². The number of hydrogen-bond acceptors (Lipinski definition) is 3. The standard InChI is InChI=1S/C29H39O3/c1-23(2)10-7-12-25(5)17-20-31-28-16-15-27(14-9-19-30)22-29(28)32-21-18-26(6)13-8-11-24(3)4/h9-11,14-18,22H,7-8,12-13,20-21H2,1-6H3/b14-9?,25-17+,26-18+. The van der Waals surface area contributed by atoms with E-state index < -0.39 is 0 Å². The van der Waals surface area contributed by atoms with Crippen LogP contribution in [0.1, 0.15) is 72.8 Å². The average Bonchev–Trinajstić information content (AvgIpc) is 2.73. The molecule has 0 aliphatic heterocycles. The third kappa shape index (κ3) is 12.8. The zero-order valence-corrected chi connectivity index (χ0v) is 20.7. The minimum Gasteiger partial charge on any atom is -0.486 e. The van der Waals surface area contributed by atoms with Gasteiger partial charge in [0, 0.05) is 0 Å². The van der Waals surface area contributed by atoms with Crippen LogP contribution in [0.15, 0.2) is 70.9 Å². The smallest absolute Gasteiger partial charge is 0.225 e. The van der Waals surface area contributed by atoms with Crippen molar-refractivity contribution in [3.63, 3.8) is 0 Å². The Morgan fingerprint density at radius 3 is 1.81 bits per heavy atom. The van der Waals surface area contributed by atoms with Gasteiger partial charge in [-0.3, -0.25) is 4.79 Å². The lowest BCUT2D eigenvalue weighted by Crippen LogP contribution is -2.01. The molecule has 0 aliphatic carbocycles. The van der Waals surface area contributed by atoms with E-state index in [4.69, 9.17) is 9.47 Å². The average molecular weight is 436 g/mol. The Morgan fingerprint density at radius 2 is 1.31 bits per heavy atom. The van der Waals surface area contributed by atoms with E-state index in [1.807, 2.05) is 18.2 Å². The molecule has 0 aliphatic rings. The lowest BCUT2D eigenvalue weighted by molar-refractivity contribution is 0.307. The van der Waals surface area contributed by atoms with Crippen molar-refractivity contribution < 1.29 is 14.3 Å². The van der Waals surface area contributed by atoms with Crippen molar-refractivity contribution >= 4 is 12.4 Å². The fraction of sp³-hybridized carbons (Fsp3) is 0.414. The van der Waals surface area contributed by atoms with Crippen molar-refractivity contribution in [2.24, 2.45) is 0 Å². The zero-order chi connectivity index (χ0) is 23.8. The predicted octanol–water partition coefficient (Wildman–Crippen LogP) is 7.95. The molecule has 0 heterocycles. The summed E-state index contributed by atoms with van der Waals surface area (Å²) >= 11 is 0. The van der Waals surface area contributed by atoms with Gasteiger partial charge in [-0.05, 0) is 103 Å². The van der Waals surface area contributed by atoms with E-state index in [0.717, 1.165) is 31.2 Å². The van der Waals surface area contributed by atoms with Crippen LogP contribution in [-0.4, -0.2) is 19.5 Å². The monoisotopic (exact) mass is 435 g/mol. The third-order valence-electron chi connectivity index (χ3n) is 4.84. The molecular formula is C29H39O3. The normalized spacial score (nSPS) is 11.9. The molecule has 0 amide bonds. The number of carbonyl (C=O) groups excluding carboxylic acids is 1. The first-order chi connectivity index (χ1) is 15.3. The number of benzene rings is 1. The summed E-state index contributed by atoms with van der Waals surface area (Å²) in [5, 5.41) is 0. The summed E-state index contributed by atoms with van der Waals surface area (Å²) in [5.74, 6) is 1.36. The van der Waals surface area contributed by atoms with Crippen molar-refractivity contribution in [2.75, 3.05) is 13.2 Å². The van der Waals surface area contributed by atoms with E-state index in [9.17, 15) is 4.79 Å². The molecule has 3 nitrogen and oxygen atoms in total. The van der Waals surface area contributed by atoms with Crippen LogP contribution in [0.4, 0.5) is 0 Å². The summed E-state index contributed by atoms with van der Waals surface area (Å²) in [6.45, 7) is 13.7. The van der Waals surface area contributed by atoms with Crippen LogP contribution in [0.25, 0.3) is 6.08 Å². The summed E-state index contributed by atoms with van der Waals surface area (Å²) in [5.41, 5.74) is 6.16. The molecule has 1 radical (unpaired) electrons. The maximum Gasteiger partial charge on any atom is 0.225 e. The minimum absolute atomic E-state index is 0.474. The highest BCUT2D eigenvalue weighted by atomic mass is 16.5. The summed E-state index contributed by atoms with van der Waals surface area (Å²) in [6.07, 6.45) is 17.7. The number of hydrogen-bond donors (Lipinski definition) is 0. The van der Waals surface area contributed by atoms with Crippen LogP contribution in [-0.2, 0) is 4.79 Å². The summed E-state index contributed by atoms with van der Waals surface area (Å²) in [4.78, 5) is 10.5. The fourth-order valence-corrected chi connectivity index (χ4v) is 2.92. The molecule has 1 aromatic carbocycles. The topological polar surface area (TPSA) is 35.5 Å². The number of ether oxygens (including phenoxy) is 2. The zero-order valence-electron chi connectivity index (χ0n) is 20.7. The highest BCUT2D eigenvalue weighted by molar-refractivity contribution is 5.75. The highest BCUT2D eigenvalue weighted by Crippen LogP contribution is 2.29.